The highest BCUT2D eigenvalue weighted by molar-refractivity contribution is 9.10. The summed E-state index contributed by atoms with van der Waals surface area (Å²) in [6, 6.07) is 5.81. The Morgan fingerprint density at radius 2 is 2.31 bits per heavy atom. The van der Waals surface area contributed by atoms with E-state index in [4.69, 9.17) is 22.7 Å². The average Bonchev–Trinajstić information content (AvgIpc) is 2.24. The molecule has 0 aliphatic heterocycles. The monoisotopic (exact) mass is 302 g/mol. The third kappa shape index (κ3) is 4.08. The highest BCUT2D eigenvalue weighted by Gasteiger charge is 2.03. The first-order valence-electron chi connectivity index (χ1n) is 5.06. The molecule has 0 aliphatic carbocycles. The van der Waals surface area contributed by atoms with Crippen LogP contribution in [0.4, 0.5) is 5.69 Å². The van der Waals surface area contributed by atoms with Crippen molar-refractivity contribution >= 4 is 38.8 Å². The predicted molar refractivity (Wildman–Crippen MR) is 75.0 cm³/mol. The quantitative estimate of drug-likeness (QED) is 0.626. The van der Waals surface area contributed by atoms with Gasteiger partial charge in [0.2, 0.25) is 0 Å². The van der Waals surface area contributed by atoms with Gasteiger partial charge in [-0.15, -0.1) is 0 Å². The van der Waals surface area contributed by atoms with Gasteiger partial charge in [-0.3, -0.25) is 0 Å². The van der Waals surface area contributed by atoms with E-state index >= 15 is 0 Å². The third-order valence-corrected chi connectivity index (χ3v) is 2.89. The van der Waals surface area contributed by atoms with Crippen molar-refractivity contribution in [1.29, 1.82) is 0 Å². The highest BCUT2D eigenvalue weighted by atomic mass is 79.9. The van der Waals surface area contributed by atoms with Gasteiger partial charge in [0.05, 0.1) is 6.61 Å². The van der Waals surface area contributed by atoms with E-state index in [0.29, 0.717) is 11.6 Å². The van der Waals surface area contributed by atoms with Crippen LogP contribution in [0.3, 0.4) is 0 Å². The second kappa shape index (κ2) is 6.83. The smallest absolute Gasteiger partial charge is 0.105 e. The van der Waals surface area contributed by atoms with Crippen molar-refractivity contribution in [3.8, 4) is 0 Å². The number of rotatable bonds is 6. The van der Waals surface area contributed by atoms with Crippen LogP contribution in [-0.4, -0.2) is 24.7 Å². The molecule has 0 radical (unpaired) electrons. The maximum absolute atomic E-state index is 5.57. The molecule has 88 valence electrons. The predicted octanol–water partition coefficient (Wildman–Crippen LogP) is 2.53. The molecule has 0 unspecified atom stereocenters. The zero-order valence-electron chi connectivity index (χ0n) is 9.13. The van der Waals surface area contributed by atoms with Crippen LogP contribution in [0, 0.1) is 0 Å². The molecule has 0 aromatic heterocycles. The van der Waals surface area contributed by atoms with Crippen LogP contribution < -0.4 is 11.1 Å². The van der Waals surface area contributed by atoms with Crippen molar-refractivity contribution in [2.75, 3.05) is 25.1 Å². The number of ether oxygens (including phenoxy) is 1. The van der Waals surface area contributed by atoms with Gasteiger partial charge in [-0.25, -0.2) is 0 Å². The minimum absolute atomic E-state index is 0.396. The summed E-state index contributed by atoms with van der Waals surface area (Å²) in [5.74, 6) is 0. The first kappa shape index (κ1) is 13.4. The van der Waals surface area contributed by atoms with Crippen LogP contribution in [0.2, 0.25) is 0 Å². The van der Waals surface area contributed by atoms with Crippen molar-refractivity contribution < 1.29 is 4.74 Å². The second-order valence-corrected chi connectivity index (χ2v) is 4.48. The molecule has 3 N–H and O–H groups in total. The number of benzene rings is 1. The van der Waals surface area contributed by atoms with Crippen LogP contribution in [-0.2, 0) is 4.74 Å². The van der Waals surface area contributed by atoms with Crippen molar-refractivity contribution in [1.82, 2.24) is 0 Å². The zero-order valence-corrected chi connectivity index (χ0v) is 11.5. The van der Waals surface area contributed by atoms with Gasteiger partial charge in [0.15, 0.2) is 0 Å². The lowest BCUT2D eigenvalue weighted by atomic mass is 10.2. The summed E-state index contributed by atoms with van der Waals surface area (Å²) < 4.78 is 6.14. The summed E-state index contributed by atoms with van der Waals surface area (Å²) in [7, 11) is 0. The van der Waals surface area contributed by atoms with E-state index in [1.54, 1.807) is 0 Å². The number of anilines is 1. The van der Waals surface area contributed by atoms with Gasteiger partial charge in [0.1, 0.15) is 4.99 Å². The minimum Gasteiger partial charge on any atom is -0.389 e. The average molecular weight is 303 g/mol. The van der Waals surface area contributed by atoms with Gasteiger partial charge in [-0.1, -0.05) is 12.2 Å². The number of thiocarbonyl (C=S) groups is 1. The van der Waals surface area contributed by atoms with Crippen LogP contribution in [0.1, 0.15) is 12.5 Å². The van der Waals surface area contributed by atoms with Gasteiger partial charge < -0.3 is 15.8 Å². The second-order valence-electron chi connectivity index (χ2n) is 3.18. The van der Waals surface area contributed by atoms with Crippen molar-refractivity contribution in [3.63, 3.8) is 0 Å². The molecule has 1 aromatic rings. The van der Waals surface area contributed by atoms with E-state index in [1.807, 2.05) is 25.1 Å². The Balaban J connectivity index is 2.56. The molecule has 1 rings (SSSR count). The topological polar surface area (TPSA) is 47.3 Å². The molecule has 3 nitrogen and oxygen atoms in total. The number of hydrogen-bond acceptors (Lipinski definition) is 3. The molecule has 0 aliphatic rings. The lowest BCUT2D eigenvalue weighted by Gasteiger charge is -2.09. The molecule has 0 bridgehead atoms. The largest absolute Gasteiger partial charge is 0.389 e. The van der Waals surface area contributed by atoms with E-state index < -0.39 is 0 Å². The van der Waals surface area contributed by atoms with Gasteiger partial charge in [0.25, 0.3) is 0 Å². The molecule has 0 heterocycles. The summed E-state index contributed by atoms with van der Waals surface area (Å²) in [6.07, 6.45) is 0. The Labute approximate surface area is 109 Å². The summed E-state index contributed by atoms with van der Waals surface area (Å²) in [4.78, 5) is 0.396. The van der Waals surface area contributed by atoms with Gasteiger partial charge in [0, 0.05) is 28.9 Å². The SMILES string of the molecule is CCOCCNc1ccc(C(N)=S)c(Br)c1. The molecule has 0 saturated carbocycles. The van der Waals surface area contributed by atoms with Crippen molar-refractivity contribution in [3.05, 3.63) is 28.2 Å². The van der Waals surface area contributed by atoms with E-state index in [9.17, 15) is 0 Å². The fourth-order valence-electron chi connectivity index (χ4n) is 1.24. The van der Waals surface area contributed by atoms with E-state index in [0.717, 1.165) is 28.9 Å². The summed E-state index contributed by atoms with van der Waals surface area (Å²) in [6.45, 7) is 4.21. The van der Waals surface area contributed by atoms with Crippen LogP contribution >= 0.6 is 28.1 Å². The summed E-state index contributed by atoms with van der Waals surface area (Å²) in [5, 5.41) is 3.25. The standard InChI is InChI=1S/C11H15BrN2OS/c1-2-15-6-5-14-8-3-4-9(11(13)16)10(12)7-8/h3-4,7,14H,2,5-6H2,1H3,(H2,13,16). The van der Waals surface area contributed by atoms with Gasteiger partial charge >= 0.3 is 0 Å². The van der Waals surface area contributed by atoms with E-state index in [1.165, 1.54) is 0 Å². The summed E-state index contributed by atoms with van der Waals surface area (Å²) >= 11 is 8.35. The maximum Gasteiger partial charge on any atom is 0.105 e. The maximum atomic E-state index is 5.57. The lowest BCUT2D eigenvalue weighted by Crippen LogP contribution is -2.12. The lowest BCUT2D eigenvalue weighted by molar-refractivity contribution is 0.158. The molecular formula is C11H15BrN2OS. The van der Waals surface area contributed by atoms with E-state index in [-0.39, 0.29) is 0 Å². The first-order chi connectivity index (χ1) is 7.65. The number of halogens is 1. The molecule has 0 fully saturated rings. The third-order valence-electron chi connectivity index (χ3n) is 2.01. The zero-order chi connectivity index (χ0) is 12.0. The first-order valence-corrected chi connectivity index (χ1v) is 6.26. The van der Waals surface area contributed by atoms with Crippen LogP contribution in [0.5, 0.6) is 0 Å². The van der Waals surface area contributed by atoms with Gasteiger partial charge in [-0.2, -0.15) is 0 Å². The molecule has 0 saturated heterocycles. The fraction of sp³-hybridized carbons (Fsp3) is 0.364. The molecule has 1 aromatic carbocycles. The van der Waals surface area contributed by atoms with Gasteiger partial charge in [-0.05, 0) is 41.1 Å². The molecule has 16 heavy (non-hydrogen) atoms. The number of nitrogens with one attached hydrogen (secondary N) is 1. The molecule has 0 amide bonds. The number of hydrogen-bond donors (Lipinski definition) is 2. The Morgan fingerprint density at radius 3 is 2.88 bits per heavy atom. The minimum atomic E-state index is 0.396. The number of nitrogens with two attached hydrogens (primary N) is 1. The molecule has 5 heteroatoms. The highest BCUT2D eigenvalue weighted by Crippen LogP contribution is 2.21. The summed E-state index contributed by atoms with van der Waals surface area (Å²) in [5.41, 5.74) is 7.44. The molecular weight excluding hydrogens is 288 g/mol. The van der Waals surface area contributed by atoms with Crippen LogP contribution in [0.15, 0.2) is 22.7 Å². The van der Waals surface area contributed by atoms with Crippen LogP contribution in [0.25, 0.3) is 0 Å². The molecule has 0 spiro atoms. The fourth-order valence-corrected chi connectivity index (χ4v) is 2.14. The van der Waals surface area contributed by atoms with Crippen molar-refractivity contribution in [2.45, 2.75) is 6.92 Å². The normalized spacial score (nSPS) is 10.1. The Hall–Kier alpha value is -0.650. The van der Waals surface area contributed by atoms with Crippen molar-refractivity contribution in [2.24, 2.45) is 5.73 Å². The Bertz CT molecular complexity index is 371. The Morgan fingerprint density at radius 1 is 1.56 bits per heavy atom. The van der Waals surface area contributed by atoms with E-state index in [2.05, 4.69) is 21.2 Å². The molecule has 0 atom stereocenters. The Kier molecular flexibility index (Phi) is 5.73.